The minimum Gasteiger partial charge on any atom is -0.465 e. The first-order valence-corrected chi connectivity index (χ1v) is 27.4. The van der Waals surface area contributed by atoms with Crippen molar-refractivity contribution in [3.63, 3.8) is 0 Å². The average Bonchev–Trinajstić information content (AvgIpc) is 3.27. The van der Waals surface area contributed by atoms with Crippen LogP contribution < -0.4 is 0 Å². The lowest BCUT2D eigenvalue weighted by Crippen LogP contribution is -2.37. The lowest BCUT2D eigenvalue weighted by atomic mass is 9.94. The zero-order valence-electron chi connectivity index (χ0n) is 42.2. The highest BCUT2D eigenvalue weighted by molar-refractivity contribution is 5.69. The third-order valence-corrected chi connectivity index (χ3v) is 13.1. The largest absolute Gasteiger partial charge is 0.465 e. The Hall–Kier alpha value is -1.44. The van der Waals surface area contributed by atoms with Crippen LogP contribution in [0.3, 0.4) is 0 Å². The van der Waals surface area contributed by atoms with E-state index in [0.717, 1.165) is 71.2 Å². The van der Waals surface area contributed by atoms with Gasteiger partial charge in [0.25, 0.3) is 0 Å². The molecule has 62 heavy (non-hydrogen) atoms. The minimum atomic E-state index is -0.0312. The number of aliphatic hydroxyl groups excluding tert-OH is 1. The van der Waals surface area contributed by atoms with E-state index < -0.39 is 0 Å². The second-order valence-corrected chi connectivity index (χ2v) is 19.1. The summed E-state index contributed by atoms with van der Waals surface area (Å²) in [6, 6.07) is 0. The summed E-state index contributed by atoms with van der Waals surface area (Å²) in [7, 11) is 0. The molecule has 0 bridgehead atoms. The topological polar surface area (TPSA) is 79.3 Å². The molecule has 0 unspecified atom stereocenters. The summed E-state index contributed by atoms with van der Waals surface area (Å²) in [6.45, 7) is 19.7. The highest BCUT2D eigenvalue weighted by Crippen LogP contribution is 2.22. The molecular weight excluding hydrogens is 769 g/mol. The number of carbonyl (C=O) groups is 2. The van der Waals surface area contributed by atoms with Gasteiger partial charge in [0.05, 0.1) is 19.8 Å². The normalized spacial score (nSPS) is 11.8. The zero-order valence-corrected chi connectivity index (χ0v) is 42.2. The van der Waals surface area contributed by atoms with Crippen molar-refractivity contribution in [2.75, 3.05) is 59.1 Å². The van der Waals surface area contributed by atoms with Gasteiger partial charge in [0, 0.05) is 39.0 Å². The third-order valence-electron chi connectivity index (χ3n) is 13.1. The molecule has 0 aliphatic carbocycles. The molecule has 0 rings (SSSR count). The van der Waals surface area contributed by atoms with E-state index in [9.17, 15) is 14.7 Å². The first-order valence-electron chi connectivity index (χ1n) is 27.4. The summed E-state index contributed by atoms with van der Waals surface area (Å²) in [5.41, 5.74) is 0. The fourth-order valence-corrected chi connectivity index (χ4v) is 8.84. The van der Waals surface area contributed by atoms with Gasteiger partial charge in [-0.15, -0.1) is 6.58 Å². The molecule has 0 aromatic carbocycles. The third kappa shape index (κ3) is 42.5. The second kappa shape index (κ2) is 49.0. The molecule has 0 fully saturated rings. The lowest BCUT2D eigenvalue weighted by molar-refractivity contribution is -0.146. The maximum atomic E-state index is 12.7. The van der Waals surface area contributed by atoms with Gasteiger partial charge < -0.3 is 14.6 Å². The van der Waals surface area contributed by atoms with Crippen LogP contribution in [0.1, 0.15) is 259 Å². The lowest BCUT2D eigenvalue weighted by Gasteiger charge is -2.26. The van der Waals surface area contributed by atoms with Crippen LogP contribution in [0.25, 0.3) is 0 Å². The van der Waals surface area contributed by atoms with Crippen molar-refractivity contribution in [2.45, 2.75) is 259 Å². The summed E-state index contributed by atoms with van der Waals surface area (Å²) in [5, 5.41) is 9.78. The van der Waals surface area contributed by atoms with Crippen LogP contribution in [-0.2, 0) is 19.1 Å². The molecule has 0 aromatic heterocycles. The molecule has 0 aliphatic heterocycles. The smallest absolute Gasteiger partial charge is 0.305 e. The Bertz CT molecular complexity index is 915. The van der Waals surface area contributed by atoms with E-state index in [1.807, 2.05) is 6.08 Å². The molecule has 7 heteroatoms. The standard InChI is InChI=1S/C55H108N2O5/c1-6-11-15-19-23-29-37-52(38-30-24-20-16-12-7-2)50-61-54(59)41-33-27-35-44-56(43-10-5)46-47-57(48-49-58)45-36-28-34-42-55(60)62-51-53(39-31-25-21-17-13-8-3)40-32-26-22-18-14-9-4/h10,52-53,58H,5-9,11-51H2,1-4H3. The van der Waals surface area contributed by atoms with Gasteiger partial charge in [-0.1, -0.05) is 201 Å². The minimum absolute atomic E-state index is 0.0216. The van der Waals surface area contributed by atoms with Crippen LogP contribution >= 0.6 is 0 Å². The molecule has 0 amide bonds. The van der Waals surface area contributed by atoms with Gasteiger partial charge in [0.1, 0.15) is 0 Å². The number of nitrogens with zero attached hydrogens (tertiary/aromatic N) is 2. The van der Waals surface area contributed by atoms with E-state index in [2.05, 4.69) is 44.1 Å². The molecule has 0 radical (unpaired) electrons. The number of hydrogen-bond acceptors (Lipinski definition) is 7. The van der Waals surface area contributed by atoms with Crippen molar-refractivity contribution >= 4 is 11.9 Å². The van der Waals surface area contributed by atoms with Gasteiger partial charge in [-0.3, -0.25) is 19.4 Å². The highest BCUT2D eigenvalue weighted by atomic mass is 16.5. The molecule has 0 aromatic rings. The molecule has 0 spiro atoms. The Morgan fingerprint density at radius 2 is 0.758 bits per heavy atom. The summed E-state index contributed by atoms with van der Waals surface area (Å²) in [4.78, 5) is 30.2. The fourth-order valence-electron chi connectivity index (χ4n) is 8.84. The Morgan fingerprint density at radius 3 is 1.11 bits per heavy atom. The van der Waals surface area contributed by atoms with Crippen LogP contribution in [-0.4, -0.2) is 85.9 Å². The quantitative estimate of drug-likeness (QED) is 0.0370. The Morgan fingerprint density at radius 1 is 0.435 bits per heavy atom. The predicted octanol–water partition coefficient (Wildman–Crippen LogP) is 15.2. The first-order chi connectivity index (χ1) is 30.4. The zero-order chi connectivity index (χ0) is 45.4. The van der Waals surface area contributed by atoms with E-state index in [-0.39, 0.29) is 18.5 Å². The molecule has 1 N–H and O–H groups in total. The van der Waals surface area contributed by atoms with Crippen molar-refractivity contribution in [3.05, 3.63) is 12.7 Å². The van der Waals surface area contributed by atoms with Crippen LogP contribution in [0.15, 0.2) is 12.7 Å². The van der Waals surface area contributed by atoms with E-state index in [0.29, 0.717) is 44.4 Å². The van der Waals surface area contributed by atoms with Crippen LogP contribution in [0.4, 0.5) is 0 Å². The number of esters is 2. The van der Waals surface area contributed by atoms with Gasteiger partial charge in [0.2, 0.25) is 0 Å². The first kappa shape index (κ1) is 60.6. The van der Waals surface area contributed by atoms with Gasteiger partial charge >= 0.3 is 11.9 Å². The molecule has 0 saturated carbocycles. The Balaban J connectivity index is 4.48. The summed E-state index contributed by atoms with van der Waals surface area (Å²) < 4.78 is 11.7. The molecule has 7 nitrogen and oxygen atoms in total. The molecule has 0 heterocycles. The SMILES string of the molecule is C=CCN(CCCCCC(=O)OCC(CCCCCCCC)CCCCCCCC)CCN(CCO)CCCCCC(=O)OCC(CCCCCCCC)CCCCCCCC. The van der Waals surface area contributed by atoms with E-state index in [4.69, 9.17) is 9.47 Å². The summed E-state index contributed by atoms with van der Waals surface area (Å²) >= 11 is 0. The van der Waals surface area contributed by atoms with Crippen molar-refractivity contribution in [1.82, 2.24) is 9.80 Å². The van der Waals surface area contributed by atoms with Crippen LogP contribution in [0.5, 0.6) is 0 Å². The fraction of sp³-hybridized carbons (Fsp3) is 0.927. The van der Waals surface area contributed by atoms with Gasteiger partial charge in [-0.05, 0) is 76.3 Å². The van der Waals surface area contributed by atoms with Crippen LogP contribution in [0.2, 0.25) is 0 Å². The Labute approximate surface area is 387 Å². The number of rotatable bonds is 51. The maximum Gasteiger partial charge on any atom is 0.305 e. The molecular formula is C55H108N2O5. The maximum absolute atomic E-state index is 12.7. The molecule has 0 saturated heterocycles. The van der Waals surface area contributed by atoms with E-state index in [1.54, 1.807) is 0 Å². The van der Waals surface area contributed by atoms with E-state index >= 15 is 0 Å². The number of hydrogen-bond donors (Lipinski definition) is 1. The number of aliphatic hydroxyl groups is 1. The van der Waals surface area contributed by atoms with E-state index in [1.165, 1.54) is 180 Å². The number of carbonyl (C=O) groups excluding carboxylic acids is 2. The van der Waals surface area contributed by atoms with Gasteiger partial charge in [-0.25, -0.2) is 0 Å². The average molecular weight is 877 g/mol. The Kier molecular flexibility index (Phi) is 47.9. The molecule has 368 valence electrons. The number of unbranched alkanes of at least 4 members (excludes halogenated alkanes) is 24. The van der Waals surface area contributed by atoms with Gasteiger partial charge in [0.15, 0.2) is 0 Å². The van der Waals surface area contributed by atoms with Crippen molar-refractivity contribution in [3.8, 4) is 0 Å². The summed E-state index contributed by atoms with van der Waals surface area (Å²) in [6.07, 6.45) is 45.1. The second-order valence-electron chi connectivity index (χ2n) is 19.1. The summed E-state index contributed by atoms with van der Waals surface area (Å²) in [5.74, 6) is 0.970. The molecule has 0 aliphatic rings. The van der Waals surface area contributed by atoms with Crippen molar-refractivity contribution in [1.29, 1.82) is 0 Å². The predicted molar refractivity (Wildman–Crippen MR) is 268 cm³/mol. The van der Waals surface area contributed by atoms with Crippen molar-refractivity contribution in [2.24, 2.45) is 11.8 Å². The molecule has 0 atom stereocenters. The highest BCUT2D eigenvalue weighted by Gasteiger charge is 2.15. The van der Waals surface area contributed by atoms with Crippen molar-refractivity contribution < 1.29 is 24.2 Å². The van der Waals surface area contributed by atoms with Gasteiger partial charge in [-0.2, -0.15) is 0 Å². The number of ether oxygens (including phenoxy) is 2. The van der Waals surface area contributed by atoms with Crippen LogP contribution in [0, 0.1) is 11.8 Å². The monoisotopic (exact) mass is 877 g/mol.